The molecule has 1 atom stereocenters. The van der Waals surface area contributed by atoms with E-state index < -0.39 is 0 Å². The molecule has 0 bridgehead atoms. The topological polar surface area (TPSA) is 38.8 Å². The molecule has 0 spiro atoms. The second-order valence-corrected chi connectivity index (χ2v) is 10.2. The van der Waals surface area contributed by atoms with Crippen LogP contribution in [0.3, 0.4) is 0 Å². The third-order valence-corrected chi connectivity index (χ3v) is 7.91. The average Bonchev–Trinajstić information content (AvgIpc) is 3.15. The number of ether oxygens (including phenoxy) is 2. The summed E-state index contributed by atoms with van der Waals surface area (Å²) >= 11 is 0. The van der Waals surface area contributed by atoms with Crippen LogP contribution in [0.15, 0.2) is 42.5 Å². The van der Waals surface area contributed by atoms with Crippen molar-refractivity contribution in [3.05, 3.63) is 59.2 Å². The average molecular weight is 484 g/mol. The molecule has 2 aliphatic carbocycles. The summed E-state index contributed by atoms with van der Waals surface area (Å²) in [5.74, 6) is 2.59. The third kappa shape index (κ3) is 5.78. The quantitative estimate of drug-likeness (QED) is 0.451. The molecule has 1 heterocycles. The third-order valence-electron chi connectivity index (χ3n) is 7.91. The van der Waals surface area contributed by atoms with Gasteiger partial charge in [-0.2, -0.15) is 0 Å². The summed E-state index contributed by atoms with van der Waals surface area (Å²) in [5.41, 5.74) is 3.39. The maximum absolute atomic E-state index is 13.2. The van der Waals surface area contributed by atoms with Crippen LogP contribution in [0.4, 0.5) is 0 Å². The largest absolute Gasteiger partial charge is 0.493 e. The first-order chi connectivity index (χ1) is 16.2. The van der Waals surface area contributed by atoms with Gasteiger partial charge in [-0.25, -0.2) is 0 Å². The number of ketones is 1. The van der Waals surface area contributed by atoms with Crippen molar-refractivity contribution in [2.75, 3.05) is 20.2 Å². The lowest BCUT2D eigenvalue weighted by Crippen LogP contribution is -2.34. The van der Waals surface area contributed by atoms with Gasteiger partial charge in [0.25, 0.3) is 0 Å². The number of Topliss-reactive ketones (excluding diaryl/α,β-unsaturated/α-hetero) is 1. The Kier molecular flexibility index (Phi) is 8.55. The molecule has 1 aliphatic heterocycles. The van der Waals surface area contributed by atoms with Gasteiger partial charge in [0.15, 0.2) is 17.3 Å². The first kappa shape index (κ1) is 25.1. The Morgan fingerprint density at radius 3 is 2.38 bits per heavy atom. The van der Waals surface area contributed by atoms with Crippen molar-refractivity contribution in [2.24, 2.45) is 11.8 Å². The SMILES string of the molecule is COc1cc2c(cc1OC1CCCCC1)CC(CC1CCN(Cc3ccccc3)CC1)C2=O.Cl. The van der Waals surface area contributed by atoms with Gasteiger partial charge in [0.2, 0.25) is 0 Å². The molecular formula is C29H38ClNO3. The van der Waals surface area contributed by atoms with Crippen molar-refractivity contribution >= 4 is 18.2 Å². The number of rotatable bonds is 7. The predicted molar refractivity (Wildman–Crippen MR) is 138 cm³/mol. The van der Waals surface area contributed by atoms with Crippen LogP contribution in [-0.2, 0) is 13.0 Å². The van der Waals surface area contributed by atoms with Gasteiger partial charge in [-0.05, 0) is 93.6 Å². The molecule has 5 rings (SSSR count). The Bertz CT molecular complexity index is 949. The van der Waals surface area contributed by atoms with Gasteiger partial charge in [-0.15, -0.1) is 12.4 Å². The monoisotopic (exact) mass is 483 g/mol. The highest BCUT2D eigenvalue weighted by molar-refractivity contribution is 6.02. The molecule has 0 aromatic heterocycles. The minimum Gasteiger partial charge on any atom is -0.493 e. The van der Waals surface area contributed by atoms with E-state index in [9.17, 15) is 4.79 Å². The lowest BCUT2D eigenvalue weighted by atomic mass is 9.85. The fraction of sp³-hybridized carbons (Fsp3) is 0.552. The standard InChI is InChI=1S/C29H37NO3.ClH/c1-32-27-19-26-23(18-28(27)33-25-10-6-3-7-11-25)17-24(29(26)31)16-21-12-14-30(15-13-21)20-22-8-4-2-5-9-22;/h2,4-5,8-9,18-19,21,24-25H,3,6-7,10-17,20H2,1H3;1H. The zero-order valence-electron chi connectivity index (χ0n) is 20.3. The van der Waals surface area contributed by atoms with Gasteiger partial charge in [0, 0.05) is 18.0 Å². The molecule has 3 aliphatic rings. The molecule has 0 radical (unpaired) electrons. The number of hydrogen-bond donors (Lipinski definition) is 0. The number of methoxy groups -OCH3 is 1. The summed E-state index contributed by atoms with van der Waals surface area (Å²) in [6.07, 6.45) is 10.5. The van der Waals surface area contributed by atoms with E-state index in [1.807, 2.05) is 6.07 Å². The van der Waals surface area contributed by atoms with Crippen molar-refractivity contribution in [3.8, 4) is 11.5 Å². The second kappa shape index (κ2) is 11.6. The summed E-state index contributed by atoms with van der Waals surface area (Å²) in [6, 6.07) is 14.8. The van der Waals surface area contributed by atoms with E-state index in [0.29, 0.717) is 17.5 Å². The van der Waals surface area contributed by atoms with E-state index in [4.69, 9.17) is 9.47 Å². The minimum atomic E-state index is 0. The van der Waals surface area contributed by atoms with E-state index in [0.717, 1.165) is 62.2 Å². The Balaban J connectivity index is 0.00000274. The second-order valence-electron chi connectivity index (χ2n) is 10.2. The summed E-state index contributed by atoms with van der Waals surface area (Å²) in [4.78, 5) is 15.8. The highest BCUT2D eigenvalue weighted by Crippen LogP contribution is 2.40. The van der Waals surface area contributed by atoms with Gasteiger partial charge in [0.05, 0.1) is 13.2 Å². The molecule has 5 heteroatoms. The van der Waals surface area contributed by atoms with Gasteiger partial charge < -0.3 is 9.47 Å². The summed E-state index contributed by atoms with van der Waals surface area (Å²) in [5, 5.41) is 0. The molecule has 1 unspecified atom stereocenters. The van der Waals surface area contributed by atoms with E-state index in [1.165, 1.54) is 37.7 Å². The number of nitrogens with zero attached hydrogens (tertiary/aromatic N) is 1. The van der Waals surface area contributed by atoms with E-state index in [2.05, 4.69) is 41.3 Å². The maximum Gasteiger partial charge on any atom is 0.166 e. The number of hydrogen-bond acceptors (Lipinski definition) is 4. The maximum atomic E-state index is 13.2. The van der Waals surface area contributed by atoms with Crippen LogP contribution in [0.25, 0.3) is 0 Å². The Morgan fingerprint density at radius 2 is 1.68 bits per heavy atom. The molecule has 0 amide bonds. The number of carbonyl (C=O) groups excluding carboxylic acids is 1. The number of benzene rings is 2. The fourth-order valence-corrected chi connectivity index (χ4v) is 6.01. The van der Waals surface area contributed by atoms with Crippen LogP contribution in [0.1, 0.15) is 72.9 Å². The highest BCUT2D eigenvalue weighted by atomic mass is 35.5. The lowest BCUT2D eigenvalue weighted by Gasteiger charge is -2.32. The van der Waals surface area contributed by atoms with Crippen LogP contribution in [-0.4, -0.2) is 37.0 Å². The van der Waals surface area contributed by atoms with Crippen molar-refractivity contribution < 1.29 is 14.3 Å². The smallest absolute Gasteiger partial charge is 0.166 e. The number of piperidine rings is 1. The molecule has 4 nitrogen and oxygen atoms in total. The van der Waals surface area contributed by atoms with Crippen LogP contribution < -0.4 is 9.47 Å². The molecule has 1 saturated heterocycles. The number of likely N-dealkylation sites (tertiary alicyclic amines) is 1. The number of fused-ring (bicyclic) bond motifs is 1. The molecule has 184 valence electrons. The van der Waals surface area contributed by atoms with Crippen molar-refractivity contribution in [3.63, 3.8) is 0 Å². The Morgan fingerprint density at radius 1 is 0.941 bits per heavy atom. The van der Waals surface area contributed by atoms with Gasteiger partial charge in [-0.3, -0.25) is 9.69 Å². The molecule has 2 fully saturated rings. The minimum absolute atomic E-state index is 0. The molecule has 2 aromatic carbocycles. The molecule has 1 saturated carbocycles. The van der Waals surface area contributed by atoms with Crippen LogP contribution in [0.5, 0.6) is 11.5 Å². The van der Waals surface area contributed by atoms with Crippen LogP contribution >= 0.6 is 12.4 Å². The normalized spacial score (nSPS) is 21.7. The van der Waals surface area contributed by atoms with E-state index >= 15 is 0 Å². The first-order valence-corrected chi connectivity index (χ1v) is 12.9. The fourth-order valence-electron chi connectivity index (χ4n) is 6.01. The highest BCUT2D eigenvalue weighted by Gasteiger charge is 2.35. The van der Waals surface area contributed by atoms with Crippen LogP contribution in [0, 0.1) is 11.8 Å². The van der Waals surface area contributed by atoms with Crippen LogP contribution in [0.2, 0.25) is 0 Å². The van der Waals surface area contributed by atoms with E-state index in [-0.39, 0.29) is 24.4 Å². The molecule has 2 aromatic rings. The first-order valence-electron chi connectivity index (χ1n) is 12.9. The Hall–Kier alpha value is -2.04. The van der Waals surface area contributed by atoms with Crippen molar-refractivity contribution in [2.45, 2.75) is 70.4 Å². The molecule has 0 N–H and O–H groups in total. The predicted octanol–water partition coefficient (Wildman–Crippen LogP) is 6.49. The number of halogens is 1. The molecule has 34 heavy (non-hydrogen) atoms. The zero-order chi connectivity index (χ0) is 22.6. The zero-order valence-corrected chi connectivity index (χ0v) is 21.2. The summed E-state index contributed by atoms with van der Waals surface area (Å²) in [6.45, 7) is 3.28. The molecular weight excluding hydrogens is 446 g/mol. The summed E-state index contributed by atoms with van der Waals surface area (Å²) in [7, 11) is 1.68. The van der Waals surface area contributed by atoms with Gasteiger partial charge >= 0.3 is 0 Å². The summed E-state index contributed by atoms with van der Waals surface area (Å²) < 4.78 is 12.0. The Labute approximate surface area is 210 Å². The van der Waals surface area contributed by atoms with Gasteiger partial charge in [-0.1, -0.05) is 36.8 Å². The van der Waals surface area contributed by atoms with Crippen molar-refractivity contribution in [1.29, 1.82) is 0 Å². The lowest BCUT2D eigenvalue weighted by molar-refractivity contribution is 0.0895. The van der Waals surface area contributed by atoms with Crippen molar-refractivity contribution in [1.82, 2.24) is 4.90 Å². The number of carbonyl (C=O) groups is 1. The van der Waals surface area contributed by atoms with E-state index in [1.54, 1.807) is 7.11 Å². The van der Waals surface area contributed by atoms with Gasteiger partial charge in [0.1, 0.15) is 0 Å².